The number of benzene rings is 1. The third-order valence-corrected chi connectivity index (χ3v) is 12.2. The minimum Gasteiger partial charge on any atom is -0.422 e. The number of allylic oxidation sites excluding steroid dienone is 2. The average Bonchev–Trinajstić information content (AvgIpc) is 3.62. The lowest BCUT2D eigenvalue weighted by molar-refractivity contribution is 0.0845. The first-order valence-corrected chi connectivity index (χ1v) is 18.9. The first-order valence-electron chi connectivity index (χ1n) is 15.5. The fourth-order valence-electron chi connectivity index (χ4n) is 4.83. The van der Waals surface area contributed by atoms with E-state index in [1.165, 1.54) is 21.6 Å². The predicted octanol–water partition coefficient (Wildman–Crippen LogP) is 9.90. The fourth-order valence-corrected chi connectivity index (χ4v) is 9.35. The van der Waals surface area contributed by atoms with E-state index in [0.29, 0.717) is 31.0 Å². The van der Waals surface area contributed by atoms with Crippen molar-refractivity contribution in [1.82, 2.24) is 0 Å². The van der Waals surface area contributed by atoms with E-state index in [0.717, 1.165) is 38.8 Å². The molecule has 0 aliphatic carbocycles. The zero-order valence-corrected chi connectivity index (χ0v) is 30.3. The van der Waals surface area contributed by atoms with Crippen molar-refractivity contribution in [2.45, 2.75) is 55.4 Å². The summed E-state index contributed by atoms with van der Waals surface area (Å²) in [5.74, 6) is 0. The molecule has 4 rings (SSSR count). The number of thiophene rings is 2. The maximum absolute atomic E-state index is 13.3. The Bertz CT molecular complexity index is 1700. The summed E-state index contributed by atoms with van der Waals surface area (Å²) < 4.78 is 23.8. The summed E-state index contributed by atoms with van der Waals surface area (Å²) in [5, 5.41) is 0.901. The second kappa shape index (κ2) is 16.0. The summed E-state index contributed by atoms with van der Waals surface area (Å²) in [4.78, 5) is 19.8. The molecule has 0 aliphatic rings. The minimum absolute atomic E-state index is 0.330. The average molecular weight is 664 g/mol. The predicted molar refractivity (Wildman–Crippen MR) is 195 cm³/mol. The smallest absolute Gasteiger partial charge is 0.422 e. The van der Waals surface area contributed by atoms with E-state index in [2.05, 4.69) is 75.9 Å². The van der Waals surface area contributed by atoms with Crippen LogP contribution in [0, 0.1) is 6.92 Å². The van der Waals surface area contributed by atoms with Gasteiger partial charge >= 0.3 is 14.4 Å². The van der Waals surface area contributed by atoms with Gasteiger partial charge in [0, 0.05) is 69.6 Å². The van der Waals surface area contributed by atoms with Gasteiger partial charge in [0.2, 0.25) is 0 Å². The molecule has 0 amide bonds. The Labute approximate surface area is 276 Å². The van der Waals surface area contributed by atoms with Crippen molar-refractivity contribution >= 4 is 54.2 Å². The molecule has 3 aromatic heterocycles. The number of hydrogen-bond acceptors (Lipinski definition) is 8. The first-order chi connectivity index (χ1) is 21.6. The van der Waals surface area contributed by atoms with Crippen molar-refractivity contribution in [3.05, 3.63) is 92.3 Å². The Morgan fingerprint density at radius 1 is 0.844 bits per heavy atom. The summed E-state index contributed by atoms with van der Waals surface area (Å²) >= 11 is 3.31. The highest BCUT2D eigenvalue weighted by Gasteiger charge is 2.37. The minimum atomic E-state index is -2.89. The molecule has 0 N–H and O–H groups in total. The Hall–Kier alpha value is -3.05. The van der Waals surface area contributed by atoms with Gasteiger partial charge in [0.05, 0.1) is 5.56 Å². The van der Waals surface area contributed by atoms with Gasteiger partial charge in [-0.2, -0.15) is 0 Å². The lowest BCUT2D eigenvalue weighted by Crippen LogP contribution is -2.44. The van der Waals surface area contributed by atoms with E-state index in [1.54, 1.807) is 22.7 Å². The Morgan fingerprint density at radius 2 is 1.47 bits per heavy atom. The van der Waals surface area contributed by atoms with Crippen molar-refractivity contribution in [1.29, 1.82) is 0 Å². The number of aryl methyl sites for hydroxylation is 1. The summed E-state index contributed by atoms with van der Waals surface area (Å²) in [6, 6.07) is 14.3. The molecule has 4 aromatic rings. The standard InChI is InChI=1S/C36H45NO5S2Si/c1-9-39-45(40-10-2,41-11-3)21-18-30-22-27(8)35(43-30)34-15-14-33(44-34)31-23-28-12-13-29(24-32(28)42-36(31)38)37(19-16-25(4)5)20-17-26(6)7/h12-18,21-24H,9-11,19-20H2,1-8H3/b21-18+. The molecule has 6 nitrogen and oxygen atoms in total. The highest BCUT2D eigenvalue weighted by Crippen LogP contribution is 2.40. The van der Waals surface area contributed by atoms with Gasteiger partial charge in [-0.3, -0.25) is 0 Å². The second-order valence-electron chi connectivity index (χ2n) is 11.2. The van der Waals surface area contributed by atoms with Crippen LogP contribution in [0.25, 0.3) is 37.2 Å². The molecule has 0 spiro atoms. The molecule has 0 bridgehead atoms. The molecular weight excluding hydrogens is 619 g/mol. The lowest BCUT2D eigenvalue weighted by Gasteiger charge is -2.25. The fraction of sp³-hybridized carbons (Fsp3) is 0.361. The van der Waals surface area contributed by atoms with Crippen LogP contribution in [-0.4, -0.2) is 41.7 Å². The van der Waals surface area contributed by atoms with Crippen LogP contribution < -0.4 is 10.5 Å². The van der Waals surface area contributed by atoms with Gasteiger partial charge in [-0.25, -0.2) is 4.79 Å². The van der Waals surface area contributed by atoms with E-state index in [9.17, 15) is 4.79 Å². The molecule has 240 valence electrons. The summed E-state index contributed by atoms with van der Waals surface area (Å²) in [6.07, 6.45) is 6.47. The number of hydrogen-bond donors (Lipinski definition) is 0. The SMILES string of the molecule is CCO[Si](/C=C/c1cc(C)c(-c2ccc(-c3cc4ccc(N(CC=C(C)C)CC=C(C)C)cc4oc3=O)s2)s1)(OCC)OCC. The third-order valence-electron chi connectivity index (χ3n) is 7.04. The summed E-state index contributed by atoms with van der Waals surface area (Å²) in [7, 11) is -2.89. The van der Waals surface area contributed by atoms with Gasteiger partial charge in [0.1, 0.15) is 5.58 Å². The number of rotatable bonds is 15. The van der Waals surface area contributed by atoms with Crippen LogP contribution in [0.4, 0.5) is 5.69 Å². The van der Waals surface area contributed by atoms with Crippen molar-refractivity contribution in [2.75, 3.05) is 37.8 Å². The van der Waals surface area contributed by atoms with E-state index in [1.807, 2.05) is 50.7 Å². The summed E-state index contributed by atoms with van der Waals surface area (Å²) in [5.41, 5.74) is 7.55. The zero-order valence-electron chi connectivity index (χ0n) is 27.7. The van der Waals surface area contributed by atoms with Crippen molar-refractivity contribution in [3.8, 4) is 20.2 Å². The maximum Gasteiger partial charge on any atom is 0.529 e. The van der Waals surface area contributed by atoms with Crippen molar-refractivity contribution in [2.24, 2.45) is 0 Å². The number of fused-ring (bicyclic) bond motifs is 1. The topological polar surface area (TPSA) is 61.1 Å². The highest BCUT2D eigenvalue weighted by molar-refractivity contribution is 7.24. The van der Waals surface area contributed by atoms with E-state index in [4.69, 9.17) is 17.7 Å². The molecule has 0 atom stereocenters. The largest absolute Gasteiger partial charge is 0.529 e. The summed E-state index contributed by atoms with van der Waals surface area (Å²) in [6.45, 7) is 19.5. The zero-order chi connectivity index (χ0) is 32.6. The van der Waals surface area contributed by atoms with Crippen LogP contribution in [0.2, 0.25) is 0 Å². The van der Waals surface area contributed by atoms with Crippen LogP contribution in [0.5, 0.6) is 0 Å². The van der Waals surface area contributed by atoms with Crippen LogP contribution in [0.1, 0.15) is 58.9 Å². The van der Waals surface area contributed by atoms with Crippen molar-refractivity contribution in [3.63, 3.8) is 0 Å². The van der Waals surface area contributed by atoms with Crippen LogP contribution in [0.15, 0.2) is 80.7 Å². The molecule has 0 saturated carbocycles. The number of anilines is 1. The Kier molecular flexibility index (Phi) is 12.4. The van der Waals surface area contributed by atoms with E-state index in [-0.39, 0.29) is 5.63 Å². The number of nitrogens with zero attached hydrogens (tertiary/aromatic N) is 1. The monoisotopic (exact) mass is 663 g/mol. The molecule has 0 fully saturated rings. The van der Waals surface area contributed by atoms with Crippen molar-refractivity contribution < 1.29 is 17.7 Å². The first kappa shape index (κ1) is 34.8. The van der Waals surface area contributed by atoms with Gasteiger partial charge in [-0.15, -0.1) is 22.7 Å². The van der Waals surface area contributed by atoms with E-state index < -0.39 is 8.80 Å². The Morgan fingerprint density at radius 3 is 2.07 bits per heavy atom. The van der Waals surface area contributed by atoms with Gasteiger partial charge < -0.3 is 22.6 Å². The second-order valence-corrected chi connectivity index (χ2v) is 15.8. The quantitative estimate of drug-likeness (QED) is 0.0717. The lowest BCUT2D eigenvalue weighted by atomic mass is 10.1. The molecule has 9 heteroatoms. The van der Waals surface area contributed by atoms with Gasteiger partial charge in [-0.05, 0) is 109 Å². The maximum atomic E-state index is 13.3. The van der Waals surface area contributed by atoms with Crippen LogP contribution in [0.3, 0.4) is 0 Å². The molecule has 0 saturated heterocycles. The molecule has 0 unspecified atom stereocenters. The molecule has 0 aliphatic heterocycles. The third kappa shape index (κ3) is 9.03. The van der Waals surface area contributed by atoms with E-state index >= 15 is 0 Å². The molecule has 0 radical (unpaired) electrons. The van der Waals surface area contributed by atoms with Gasteiger partial charge in [0.25, 0.3) is 0 Å². The van der Waals surface area contributed by atoms with Gasteiger partial charge in [0.15, 0.2) is 0 Å². The van der Waals surface area contributed by atoms with Crippen LogP contribution in [-0.2, 0) is 13.3 Å². The van der Waals surface area contributed by atoms with Gasteiger partial charge in [-0.1, -0.05) is 23.3 Å². The highest BCUT2D eigenvalue weighted by atomic mass is 32.1. The molecular formula is C36H45NO5S2Si. The normalized spacial score (nSPS) is 11.8. The Balaban J connectivity index is 1.61. The molecule has 3 heterocycles. The van der Waals surface area contributed by atoms with Crippen LogP contribution >= 0.6 is 22.7 Å². The molecule has 1 aromatic carbocycles. The molecule has 45 heavy (non-hydrogen) atoms.